The zero-order valence-electron chi connectivity index (χ0n) is 9.81. The van der Waals surface area contributed by atoms with Crippen molar-refractivity contribution >= 4 is 17.2 Å². The summed E-state index contributed by atoms with van der Waals surface area (Å²) in [4.78, 5) is 12.5. The summed E-state index contributed by atoms with van der Waals surface area (Å²) < 4.78 is 5.04. The number of aliphatic hydroxyl groups excluding tert-OH is 1. The zero-order valence-corrected chi connectivity index (χ0v) is 10.6. The van der Waals surface area contributed by atoms with E-state index in [1.54, 1.807) is 18.6 Å². The lowest BCUT2D eigenvalue weighted by atomic mass is 9.92. The Labute approximate surface area is 105 Å². The zero-order chi connectivity index (χ0) is 12.3. The molecule has 2 atom stereocenters. The quantitative estimate of drug-likeness (QED) is 0.865. The number of hydrogen-bond donors (Lipinski definition) is 2. The maximum atomic E-state index is 11.9. The van der Waals surface area contributed by atoms with Crippen molar-refractivity contribution in [3.8, 4) is 5.75 Å². The molecule has 5 heteroatoms. The van der Waals surface area contributed by atoms with E-state index in [1.807, 2.05) is 0 Å². The molecule has 0 spiro atoms. The molecule has 1 aliphatic carbocycles. The van der Waals surface area contributed by atoms with Crippen molar-refractivity contribution in [2.75, 3.05) is 7.11 Å². The van der Waals surface area contributed by atoms with Crippen molar-refractivity contribution in [3.63, 3.8) is 0 Å². The van der Waals surface area contributed by atoms with Crippen molar-refractivity contribution in [2.45, 2.75) is 37.8 Å². The molecule has 4 nitrogen and oxygen atoms in total. The summed E-state index contributed by atoms with van der Waals surface area (Å²) in [5.41, 5.74) is 0. The van der Waals surface area contributed by atoms with Crippen LogP contribution in [0.1, 0.15) is 35.4 Å². The van der Waals surface area contributed by atoms with Crippen LogP contribution in [0.4, 0.5) is 0 Å². The van der Waals surface area contributed by atoms with Gasteiger partial charge in [0.1, 0.15) is 5.75 Å². The van der Waals surface area contributed by atoms with Crippen molar-refractivity contribution in [1.29, 1.82) is 0 Å². The molecular formula is C12H17NO3S. The minimum absolute atomic E-state index is 0.107. The number of hydrogen-bond acceptors (Lipinski definition) is 4. The van der Waals surface area contributed by atoms with E-state index in [1.165, 1.54) is 11.3 Å². The van der Waals surface area contributed by atoms with Gasteiger partial charge in [-0.1, -0.05) is 12.8 Å². The monoisotopic (exact) mass is 255 g/mol. The van der Waals surface area contributed by atoms with E-state index in [2.05, 4.69) is 5.32 Å². The smallest absolute Gasteiger partial charge is 0.261 e. The average Bonchev–Trinajstić information content (AvgIpc) is 2.81. The van der Waals surface area contributed by atoms with Gasteiger partial charge in [0.05, 0.1) is 24.1 Å². The van der Waals surface area contributed by atoms with E-state index in [9.17, 15) is 9.90 Å². The fraction of sp³-hybridized carbons (Fsp3) is 0.583. The van der Waals surface area contributed by atoms with E-state index in [0.717, 1.165) is 25.7 Å². The minimum atomic E-state index is -0.408. The van der Waals surface area contributed by atoms with Crippen LogP contribution in [0.2, 0.25) is 0 Å². The van der Waals surface area contributed by atoms with Gasteiger partial charge in [0.2, 0.25) is 0 Å². The molecule has 0 aromatic carbocycles. The van der Waals surface area contributed by atoms with Crippen LogP contribution in [0.3, 0.4) is 0 Å². The Kier molecular flexibility index (Phi) is 4.02. The fourth-order valence-corrected chi connectivity index (χ4v) is 2.82. The number of carbonyl (C=O) groups is 1. The van der Waals surface area contributed by atoms with Crippen LogP contribution in [-0.2, 0) is 0 Å². The minimum Gasteiger partial charge on any atom is -0.496 e. The van der Waals surface area contributed by atoms with Gasteiger partial charge in [-0.05, 0) is 12.8 Å². The summed E-state index contributed by atoms with van der Waals surface area (Å²) in [5, 5.41) is 14.5. The third-order valence-electron chi connectivity index (χ3n) is 3.08. The first-order valence-corrected chi connectivity index (χ1v) is 6.70. The molecule has 17 heavy (non-hydrogen) atoms. The standard InChI is InChI=1S/C12H17NO3S/c1-16-8-6-11(17-7-8)12(15)13-9-4-2-3-5-10(9)14/h6-7,9-10,14H,2-5H2,1H3,(H,13,15)/t9-,10-/m0/s1. The highest BCUT2D eigenvalue weighted by Gasteiger charge is 2.25. The molecular weight excluding hydrogens is 238 g/mol. The molecule has 2 N–H and O–H groups in total. The first-order valence-electron chi connectivity index (χ1n) is 5.82. The van der Waals surface area contributed by atoms with Crippen LogP contribution in [-0.4, -0.2) is 30.3 Å². The van der Waals surface area contributed by atoms with Gasteiger partial charge in [-0.15, -0.1) is 11.3 Å². The molecule has 0 aliphatic heterocycles. The summed E-state index contributed by atoms with van der Waals surface area (Å²) >= 11 is 1.35. The highest BCUT2D eigenvalue weighted by molar-refractivity contribution is 7.12. The third kappa shape index (κ3) is 2.98. The Morgan fingerprint density at radius 1 is 1.53 bits per heavy atom. The van der Waals surface area contributed by atoms with E-state index in [-0.39, 0.29) is 11.9 Å². The van der Waals surface area contributed by atoms with Crippen molar-refractivity contribution < 1.29 is 14.6 Å². The molecule has 0 unspecified atom stereocenters. The number of amides is 1. The maximum Gasteiger partial charge on any atom is 0.261 e. The van der Waals surface area contributed by atoms with Gasteiger partial charge in [-0.25, -0.2) is 0 Å². The largest absolute Gasteiger partial charge is 0.496 e. The second kappa shape index (κ2) is 5.51. The number of carbonyl (C=O) groups excluding carboxylic acids is 1. The number of rotatable bonds is 3. The Morgan fingerprint density at radius 3 is 2.94 bits per heavy atom. The van der Waals surface area contributed by atoms with Crippen molar-refractivity contribution in [2.24, 2.45) is 0 Å². The van der Waals surface area contributed by atoms with Crippen LogP contribution in [0, 0.1) is 0 Å². The second-order valence-corrected chi connectivity index (χ2v) is 5.19. The van der Waals surface area contributed by atoms with Gasteiger partial charge in [0, 0.05) is 11.4 Å². The number of ether oxygens (including phenoxy) is 1. The summed E-state index contributed by atoms with van der Waals surface area (Å²) in [6.45, 7) is 0. The molecule has 0 radical (unpaired) electrons. The van der Waals surface area contributed by atoms with Gasteiger partial charge in [-0.3, -0.25) is 4.79 Å². The highest BCUT2D eigenvalue weighted by atomic mass is 32.1. The van der Waals surface area contributed by atoms with Crippen LogP contribution >= 0.6 is 11.3 Å². The second-order valence-electron chi connectivity index (χ2n) is 4.28. The van der Waals surface area contributed by atoms with E-state index in [0.29, 0.717) is 10.6 Å². The molecule has 1 saturated carbocycles. The summed E-state index contributed by atoms with van der Waals surface area (Å²) in [5.74, 6) is 0.577. The number of thiophene rings is 1. The molecule has 1 aromatic heterocycles. The van der Waals surface area contributed by atoms with Gasteiger partial charge >= 0.3 is 0 Å². The average molecular weight is 255 g/mol. The topological polar surface area (TPSA) is 58.6 Å². The van der Waals surface area contributed by atoms with Crippen molar-refractivity contribution in [1.82, 2.24) is 5.32 Å². The van der Waals surface area contributed by atoms with Crippen LogP contribution in [0.15, 0.2) is 11.4 Å². The molecule has 1 aliphatic rings. The number of aliphatic hydroxyl groups is 1. The Bertz CT molecular complexity index is 391. The van der Waals surface area contributed by atoms with Gasteiger partial charge in [0.25, 0.3) is 5.91 Å². The number of methoxy groups -OCH3 is 1. The Hall–Kier alpha value is -1.07. The molecule has 1 heterocycles. The summed E-state index contributed by atoms with van der Waals surface area (Å²) in [6, 6.07) is 1.61. The van der Waals surface area contributed by atoms with Gasteiger partial charge in [0.15, 0.2) is 0 Å². The molecule has 2 rings (SSSR count). The first-order chi connectivity index (χ1) is 8.20. The van der Waals surface area contributed by atoms with E-state index >= 15 is 0 Å². The summed E-state index contributed by atoms with van der Waals surface area (Å²) in [7, 11) is 1.58. The van der Waals surface area contributed by atoms with Crippen molar-refractivity contribution in [3.05, 3.63) is 16.3 Å². The van der Waals surface area contributed by atoms with Gasteiger partial charge < -0.3 is 15.2 Å². The lowest BCUT2D eigenvalue weighted by Crippen LogP contribution is -2.44. The Balaban J connectivity index is 1.96. The van der Waals surface area contributed by atoms with Crippen LogP contribution < -0.4 is 10.1 Å². The fourth-order valence-electron chi connectivity index (χ4n) is 2.06. The predicted molar refractivity (Wildman–Crippen MR) is 66.6 cm³/mol. The predicted octanol–water partition coefficient (Wildman–Crippen LogP) is 1.79. The molecule has 0 bridgehead atoms. The Morgan fingerprint density at radius 2 is 2.29 bits per heavy atom. The summed E-state index contributed by atoms with van der Waals surface area (Å²) in [6.07, 6.45) is 3.33. The van der Waals surface area contributed by atoms with Gasteiger partial charge in [-0.2, -0.15) is 0 Å². The maximum absolute atomic E-state index is 11.9. The normalized spacial score (nSPS) is 24.4. The molecule has 1 aromatic rings. The SMILES string of the molecule is COc1csc(C(=O)N[C@H]2CCCC[C@@H]2O)c1. The lowest BCUT2D eigenvalue weighted by molar-refractivity contribution is 0.0720. The molecule has 94 valence electrons. The third-order valence-corrected chi connectivity index (χ3v) is 3.99. The molecule has 1 amide bonds. The van der Waals surface area contributed by atoms with Crippen LogP contribution in [0.25, 0.3) is 0 Å². The van der Waals surface area contributed by atoms with E-state index in [4.69, 9.17) is 4.74 Å². The molecule has 1 fully saturated rings. The number of nitrogens with one attached hydrogen (secondary N) is 1. The first kappa shape index (κ1) is 12.4. The lowest BCUT2D eigenvalue weighted by Gasteiger charge is -2.28. The highest BCUT2D eigenvalue weighted by Crippen LogP contribution is 2.23. The van der Waals surface area contributed by atoms with Crippen LogP contribution in [0.5, 0.6) is 5.75 Å². The molecule has 0 saturated heterocycles. The van der Waals surface area contributed by atoms with E-state index < -0.39 is 6.10 Å².